The van der Waals surface area contributed by atoms with E-state index < -0.39 is 237 Å². The number of carbonyl (C=O) groups excluding carboxylic acids is 8. The Labute approximate surface area is 490 Å². The molecule has 7 rings (SSSR count). The van der Waals surface area contributed by atoms with Gasteiger partial charge in [-0.25, -0.2) is 24.0 Å². The normalized spacial score (nSPS) is 12.7. The summed E-state index contributed by atoms with van der Waals surface area (Å²) >= 11 is 0. The molecule has 0 heterocycles. The zero-order chi connectivity index (χ0) is 66.2. The quantitative estimate of drug-likeness (QED) is 0.0138. The lowest BCUT2D eigenvalue weighted by Gasteiger charge is -2.41. The van der Waals surface area contributed by atoms with Gasteiger partial charge in [0.25, 0.3) is 11.4 Å². The van der Waals surface area contributed by atoms with Crippen molar-refractivity contribution in [3.8, 4) is 121 Å². The summed E-state index contributed by atoms with van der Waals surface area (Å²) in [5.74, 6) is -48.8. The lowest BCUT2D eigenvalue weighted by molar-refractivity contribution is -0.163. The van der Waals surface area contributed by atoms with Crippen molar-refractivity contribution in [1.29, 1.82) is 0 Å². The number of ether oxygens (including phenoxy) is 5. The Bertz CT molecular complexity index is 3990. The van der Waals surface area contributed by atoms with Crippen LogP contribution >= 0.6 is 0 Å². The zero-order valence-electron chi connectivity index (χ0n) is 43.7. The number of hydrogen-bond acceptors (Lipinski definition) is 34. The number of Topliss-reactive ketones (excluding diaryl/α,β-unsaturated/α-hetero) is 3. The van der Waals surface area contributed by atoms with E-state index in [9.17, 15) is 131 Å². The topological polar surface area (TPSA) is 608 Å². The van der Waals surface area contributed by atoms with Gasteiger partial charge in [-0.05, 0) is 84.9 Å². The molecule has 0 saturated heterocycles. The lowest BCUT2D eigenvalue weighted by Crippen LogP contribution is -2.68. The maximum atomic E-state index is 16.1. The van der Waals surface area contributed by atoms with Crippen LogP contribution in [0.5, 0.6) is 121 Å². The molecule has 7 aromatic rings. The van der Waals surface area contributed by atoms with Crippen LogP contribution < -0.4 is 0 Å². The van der Waals surface area contributed by atoms with Crippen LogP contribution in [0.3, 0.4) is 0 Å². The standard InChI is InChI=1S/C55H40O34/c56-23-1-16(2-24(57)39(23)71)38(70)48(79)55(47(78)17-3-25(58)40(72)26(59)4-17,89-54(84)22-13-35(68)45(77)36(69)14-22)49(88-53(83)21-11-33(66)44(76)34(67)12-21)46(87-52(82)20-9-31(64)43(75)32(65)10-20)37(86-51(81)19-7-29(62)42(74)30(63)8-19)15-85-50(80)18-5-27(60)41(73)28(61)6-18/h1-14,37,46,49,56-69,71-77H,15H2/t37-,46-,49+,55+/m1/s1. The third-order valence-corrected chi connectivity index (χ3v) is 12.5. The summed E-state index contributed by atoms with van der Waals surface area (Å²) < 4.78 is 27.7. The number of benzene rings is 7. The maximum Gasteiger partial charge on any atom is 0.340 e. The highest BCUT2D eigenvalue weighted by molar-refractivity contribution is 6.51. The molecule has 0 unspecified atom stereocenters. The van der Waals surface area contributed by atoms with Crippen molar-refractivity contribution >= 4 is 47.2 Å². The first-order valence-corrected chi connectivity index (χ1v) is 24.0. The fourth-order valence-corrected chi connectivity index (χ4v) is 8.04. The largest absolute Gasteiger partial charge is 0.504 e. The van der Waals surface area contributed by atoms with E-state index in [1.165, 1.54) is 0 Å². The van der Waals surface area contributed by atoms with E-state index in [4.69, 9.17) is 23.7 Å². The van der Waals surface area contributed by atoms with Crippen LogP contribution in [0.25, 0.3) is 0 Å². The molecule has 0 radical (unpaired) electrons. The van der Waals surface area contributed by atoms with Crippen molar-refractivity contribution in [3.63, 3.8) is 0 Å². The van der Waals surface area contributed by atoms with E-state index in [-0.39, 0.29) is 60.7 Å². The first-order valence-electron chi connectivity index (χ1n) is 24.0. The number of ketones is 3. The molecular formula is C55H40O34. The highest BCUT2D eigenvalue weighted by Gasteiger charge is 2.65. The van der Waals surface area contributed by atoms with Gasteiger partial charge < -0.3 is 131 Å². The summed E-state index contributed by atoms with van der Waals surface area (Å²) in [5, 5.41) is 219. The molecule has 0 spiro atoms. The number of rotatable bonds is 19. The predicted molar refractivity (Wildman–Crippen MR) is 280 cm³/mol. The van der Waals surface area contributed by atoms with Gasteiger partial charge >= 0.3 is 29.8 Å². The van der Waals surface area contributed by atoms with Gasteiger partial charge in [0, 0.05) is 11.1 Å². The molecule has 89 heavy (non-hydrogen) atoms. The van der Waals surface area contributed by atoms with E-state index in [0.717, 1.165) is 0 Å². The van der Waals surface area contributed by atoms with Crippen molar-refractivity contribution < 1.29 is 169 Å². The third-order valence-electron chi connectivity index (χ3n) is 12.5. The minimum atomic E-state index is -5.02. The number of aromatic hydroxyl groups is 21. The third kappa shape index (κ3) is 12.4. The molecule has 0 aliphatic carbocycles. The Morgan fingerprint density at radius 1 is 0.303 bits per heavy atom. The number of phenols is 21. The molecule has 464 valence electrons. The summed E-state index contributed by atoms with van der Waals surface area (Å²) in [6, 6.07) is 3.02. The summed E-state index contributed by atoms with van der Waals surface area (Å²) in [7, 11) is 0. The molecule has 0 aliphatic rings. The molecule has 0 saturated carbocycles. The zero-order valence-corrected chi connectivity index (χ0v) is 43.7. The van der Waals surface area contributed by atoms with E-state index in [2.05, 4.69) is 0 Å². The molecular weight excluding hydrogens is 1200 g/mol. The molecule has 4 atom stereocenters. The highest BCUT2D eigenvalue weighted by Crippen LogP contribution is 2.45. The fraction of sp³-hybridized carbons (Fsp3) is 0.0909. The SMILES string of the molecule is O=C(OC[C@@H](OC(=O)c1cc(O)c(O)c(O)c1)[C@@H](OC(=O)c1cc(O)c(O)c(O)c1)[C@H](OC(=O)c1cc(O)c(O)c(O)c1)[C@@](OC(=O)c1cc(O)c(O)c(O)c1)(C(=O)C(=O)c1cc(O)c(O)c(O)c1)C(=O)c1cc(O)c(O)c(O)c1)c1cc(O)c(O)c(O)c1. The second-order valence-corrected chi connectivity index (χ2v) is 18.4. The van der Waals surface area contributed by atoms with E-state index >= 15 is 14.4 Å². The number of carbonyl (C=O) groups is 8. The van der Waals surface area contributed by atoms with E-state index in [1.54, 1.807) is 0 Å². The smallest absolute Gasteiger partial charge is 0.340 e. The lowest BCUT2D eigenvalue weighted by atomic mass is 9.77. The Morgan fingerprint density at radius 3 is 0.865 bits per heavy atom. The van der Waals surface area contributed by atoms with Crippen molar-refractivity contribution in [1.82, 2.24) is 0 Å². The van der Waals surface area contributed by atoms with E-state index in [0.29, 0.717) is 24.3 Å². The molecule has 0 amide bonds. The Morgan fingerprint density at radius 2 is 0.551 bits per heavy atom. The van der Waals surface area contributed by atoms with Crippen molar-refractivity contribution in [2.45, 2.75) is 23.9 Å². The monoisotopic (exact) mass is 1240 g/mol. The Kier molecular flexibility index (Phi) is 17.2. The molecule has 21 N–H and O–H groups in total. The first kappa shape index (κ1) is 63.3. The van der Waals surface area contributed by atoms with Gasteiger partial charge in [-0.1, -0.05) is 0 Å². The van der Waals surface area contributed by atoms with Crippen molar-refractivity contribution in [3.05, 3.63) is 124 Å². The molecule has 0 aromatic heterocycles. The van der Waals surface area contributed by atoms with Crippen LogP contribution in [0.15, 0.2) is 84.9 Å². The fourth-order valence-electron chi connectivity index (χ4n) is 8.04. The van der Waals surface area contributed by atoms with Crippen molar-refractivity contribution in [2.75, 3.05) is 6.61 Å². The van der Waals surface area contributed by atoms with Gasteiger partial charge in [0.2, 0.25) is 11.6 Å². The van der Waals surface area contributed by atoms with Gasteiger partial charge in [-0.2, -0.15) is 0 Å². The summed E-state index contributed by atoms with van der Waals surface area (Å²) in [6.07, 6.45) is -11.0. The van der Waals surface area contributed by atoms with Crippen LogP contribution in [-0.2, 0) is 28.5 Å². The minimum Gasteiger partial charge on any atom is -0.504 e. The van der Waals surface area contributed by atoms with Gasteiger partial charge in [0.15, 0.2) is 139 Å². The van der Waals surface area contributed by atoms with Crippen LogP contribution in [0.4, 0.5) is 0 Å². The second kappa shape index (κ2) is 24.1. The minimum absolute atomic E-state index is 0.0671. The van der Waals surface area contributed by atoms with Crippen LogP contribution in [0, 0.1) is 0 Å². The second-order valence-electron chi connectivity index (χ2n) is 18.4. The van der Waals surface area contributed by atoms with Crippen LogP contribution in [0.1, 0.15) is 72.5 Å². The summed E-state index contributed by atoms with van der Waals surface area (Å²) in [4.78, 5) is 120. The van der Waals surface area contributed by atoms with Crippen LogP contribution in [0.2, 0.25) is 0 Å². The van der Waals surface area contributed by atoms with Gasteiger partial charge in [0.05, 0.1) is 27.8 Å². The van der Waals surface area contributed by atoms with Crippen molar-refractivity contribution in [2.24, 2.45) is 0 Å². The average Bonchev–Trinajstić information content (AvgIpc) is 0.771. The molecule has 0 fully saturated rings. The molecule has 7 aromatic carbocycles. The molecule has 0 bridgehead atoms. The predicted octanol–water partition coefficient (Wildman–Crippen LogP) is 2.27. The molecule has 0 aliphatic heterocycles. The average molecular weight is 1240 g/mol. The van der Waals surface area contributed by atoms with Gasteiger partial charge in [-0.15, -0.1) is 0 Å². The summed E-state index contributed by atoms with van der Waals surface area (Å²) in [5.41, 5.74) is -14.2. The molecule has 34 nitrogen and oxygen atoms in total. The number of phenolic OH excluding ortho intramolecular Hbond substituents is 21. The van der Waals surface area contributed by atoms with Gasteiger partial charge in [0.1, 0.15) is 6.61 Å². The summed E-state index contributed by atoms with van der Waals surface area (Å²) in [6.45, 7) is -1.98. The number of hydrogen-bond donors (Lipinski definition) is 21. The maximum absolute atomic E-state index is 16.1. The van der Waals surface area contributed by atoms with Crippen LogP contribution in [-0.4, -0.2) is 185 Å². The van der Waals surface area contributed by atoms with Gasteiger partial charge in [-0.3, -0.25) is 14.4 Å². The first-order chi connectivity index (χ1) is 41.6. The molecule has 34 heteroatoms. The van der Waals surface area contributed by atoms with E-state index in [1.807, 2.05) is 0 Å². The highest BCUT2D eigenvalue weighted by atomic mass is 16.6. The Balaban J connectivity index is 1.70. The number of esters is 5. The Hall–Kier alpha value is -13.3.